The summed E-state index contributed by atoms with van der Waals surface area (Å²) in [6, 6.07) is 17.2. The van der Waals surface area contributed by atoms with Crippen molar-refractivity contribution in [1.29, 1.82) is 0 Å². The molecule has 0 saturated carbocycles. The lowest BCUT2D eigenvalue weighted by atomic mass is 10.1. The Labute approximate surface area is 138 Å². The van der Waals surface area contributed by atoms with Gasteiger partial charge in [0.25, 0.3) is 0 Å². The average molecular weight is 321 g/mol. The fourth-order valence-corrected chi connectivity index (χ4v) is 2.42. The Bertz CT molecular complexity index is 909. The van der Waals surface area contributed by atoms with E-state index >= 15 is 0 Å². The van der Waals surface area contributed by atoms with Crippen molar-refractivity contribution < 1.29 is 9.53 Å². The van der Waals surface area contributed by atoms with Gasteiger partial charge in [-0.2, -0.15) is 0 Å². The fourth-order valence-electron chi connectivity index (χ4n) is 2.42. The number of fused-ring (bicyclic) bond motifs is 1. The number of nitroso groups, excluding NO2 is 1. The predicted octanol–water partition coefficient (Wildman–Crippen LogP) is 4.89. The number of anilines is 2. The maximum absolute atomic E-state index is 12.2. The molecule has 2 N–H and O–H groups in total. The highest BCUT2D eigenvalue weighted by atomic mass is 16.5. The van der Waals surface area contributed by atoms with Gasteiger partial charge in [0.1, 0.15) is 11.4 Å². The number of methoxy groups -OCH3 is 1. The van der Waals surface area contributed by atoms with Crippen LogP contribution < -0.4 is 15.4 Å². The van der Waals surface area contributed by atoms with E-state index in [2.05, 4.69) is 15.8 Å². The van der Waals surface area contributed by atoms with Crippen molar-refractivity contribution in [2.75, 3.05) is 17.7 Å². The summed E-state index contributed by atoms with van der Waals surface area (Å²) in [5.41, 5.74) is 1.62. The summed E-state index contributed by atoms with van der Waals surface area (Å²) >= 11 is 0. The minimum atomic E-state index is -0.367. The van der Waals surface area contributed by atoms with E-state index in [1.807, 2.05) is 6.07 Å². The van der Waals surface area contributed by atoms with Gasteiger partial charge in [0.15, 0.2) is 0 Å². The fraction of sp³-hybridized carbons (Fsp3) is 0.0556. The zero-order valence-corrected chi connectivity index (χ0v) is 12.9. The second-order valence-corrected chi connectivity index (χ2v) is 5.11. The van der Waals surface area contributed by atoms with E-state index in [4.69, 9.17) is 4.74 Å². The van der Waals surface area contributed by atoms with E-state index in [-0.39, 0.29) is 6.03 Å². The van der Waals surface area contributed by atoms with E-state index in [1.165, 1.54) is 0 Å². The summed E-state index contributed by atoms with van der Waals surface area (Å²) in [6.45, 7) is 0. The Hall–Kier alpha value is -3.41. The van der Waals surface area contributed by atoms with Crippen LogP contribution in [0.25, 0.3) is 10.8 Å². The normalized spacial score (nSPS) is 10.2. The maximum atomic E-state index is 12.2. The van der Waals surface area contributed by atoms with Crippen LogP contribution in [0.15, 0.2) is 65.8 Å². The molecule has 0 spiro atoms. The first-order chi connectivity index (χ1) is 11.7. The minimum Gasteiger partial charge on any atom is -0.497 e. The number of carbonyl (C=O) groups excluding carboxylic acids is 1. The molecule has 0 fully saturated rings. The van der Waals surface area contributed by atoms with Gasteiger partial charge >= 0.3 is 6.03 Å². The van der Waals surface area contributed by atoms with Gasteiger partial charge in [0, 0.05) is 17.1 Å². The number of nitrogens with zero attached hydrogens (tertiary/aromatic N) is 1. The highest BCUT2D eigenvalue weighted by Gasteiger charge is 2.07. The quantitative estimate of drug-likeness (QED) is 0.671. The molecule has 3 aromatic rings. The van der Waals surface area contributed by atoms with Crippen LogP contribution in [0.3, 0.4) is 0 Å². The highest BCUT2D eigenvalue weighted by Crippen LogP contribution is 2.27. The Balaban J connectivity index is 1.81. The number of urea groups is 1. The molecule has 0 aliphatic carbocycles. The standard InChI is InChI=1S/C18H15N3O3/c1-24-15-6-3-5-13(11-15)19-18(22)20-17-7-2-4-12-10-14(21-23)8-9-16(12)17/h2-11H,1H3,(H2,19,20,22). The van der Waals surface area contributed by atoms with Gasteiger partial charge in [-0.15, -0.1) is 4.91 Å². The third kappa shape index (κ3) is 3.33. The van der Waals surface area contributed by atoms with E-state index in [9.17, 15) is 9.70 Å². The monoisotopic (exact) mass is 321 g/mol. The SMILES string of the molecule is COc1cccc(NC(=O)Nc2cccc3cc(N=O)ccc23)c1. The second-order valence-electron chi connectivity index (χ2n) is 5.11. The number of rotatable bonds is 4. The summed E-state index contributed by atoms with van der Waals surface area (Å²) < 4.78 is 5.13. The van der Waals surface area contributed by atoms with E-state index in [0.717, 1.165) is 10.8 Å². The van der Waals surface area contributed by atoms with Gasteiger partial charge in [-0.05, 0) is 40.9 Å². The van der Waals surface area contributed by atoms with Crippen LogP contribution in [-0.2, 0) is 0 Å². The molecule has 24 heavy (non-hydrogen) atoms. The largest absolute Gasteiger partial charge is 0.497 e. The van der Waals surface area contributed by atoms with Crippen LogP contribution in [0.4, 0.5) is 21.9 Å². The molecule has 0 saturated heterocycles. The molecular formula is C18H15N3O3. The molecule has 6 nitrogen and oxygen atoms in total. The smallest absolute Gasteiger partial charge is 0.323 e. The number of benzene rings is 3. The first kappa shape index (κ1) is 15.5. The van der Waals surface area contributed by atoms with Crippen LogP contribution in [0.1, 0.15) is 0 Å². The van der Waals surface area contributed by atoms with Crippen LogP contribution in [0.2, 0.25) is 0 Å². The molecule has 3 aromatic carbocycles. The molecule has 0 aromatic heterocycles. The Morgan fingerprint density at radius 1 is 1.00 bits per heavy atom. The number of ether oxygens (including phenoxy) is 1. The number of hydrogen-bond acceptors (Lipinski definition) is 4. The van der Waals surface area contributed by atoms with Crippen molar-refractivity contribution in [1.82, 2.24) is 0 Å². The first-order valence-electron chi connectivity index (χ1n) is 7.28. The van der Waals surface area contributed by atoms with Crippen molar-refractivity contribution in [2.45, 2.75) is 0 Å². The molecule has 6 heteroatoms. The van der Waals surface area contributed by atoms with Gasteiger partial charge in [-0.1, -0.05) is 24.3 Å². The van der Waals surface area contributed by atoms with Crippen molar-refractivity contribution >= 4 is 33.9 Å². The van der Waals surface area contributed by atoms with Crippen LogP contribution in [-0.4, -0.2) is 13.1 Å². The highest BCUT2D eigenvalue weighted by molar-refractivity contribution is 6.06. The lowest BCUT2D eigenvalue weighted by molar-refractivity contribution is 0.262. The molecule has 0 aliphatic rings. The molecule has 0 radical (unpaired) electrons. The molecule has 0 atom stereocenters. The summed E-state index contributed by atoms with van der Waals surface area (Å²) in [7, 11) is 1.57. The summed E-state index contributed by atoms with van der Waals surface area (Å²) in [6.07, 6.45) is 0. The van der Waals surface area contributed by atoms with Crippen LogP contribution in [0, 0.1) is 4.91 Å². The zero-order valence-electron chi connectivity index (χ0n) is 12.9. The first-order valence-corrected chi connectivity index (χ1v) is 7.28. The summed E-state index contributed by atoms with van der Waals surface area (Å²) in [5.74, 6) is 0.659. The van der Waals surface area contributed by atoms with Crippen LogP contribution in [0.5, 0.6) is 5.75 Å². The lowest BCUT2D eigenvalue weighted by Crippen LogP contribution is -2.19. The maximum Gasteiger partial charge on any atom is 0.323 e. The zero-order chi connectivity index (χ0) is 16.9. The van der Waals surface area contributed by atoms with Crippen molar-refractivity contribution in [3.05, 3.63) is 65.6 Å². The van der Waals surface area contributed by atoms with E-state index < -0.39 is 0 Å². The average Bonchev–Trinajstić information content (AvgIpc) is 2.61. The molecule has 0 heterocycles. The molecule has 3 rings (SSSR count). The van der Waals surface area contributed by atoms with E-state index in [0.29, 0.717) is 22.8 Å². The van der Waals surface area contributed by atoms with Gasteiger partial charge in [0.05, 0.1) is 12.8 Å². The Kier molecular flexibility index (Phi) is 4.38. The molecule has 120 valence electrons. The number of carbonyl (C=O) groups is 1. The molecule has 0 unspecified atom stereocenters. The van der Waals surface area contributed by atoms with Crippen LogP contribution >= 0.6 is 0 Å². The predicted molar refractivity (Wildman–Crippen MR) is 95.0 cm³/mol. The third-order valence-corrected chi connectivity index (χ3v) is 3.55. The number of amides is 2. The number of nitrogens with one attached hydrogen (secondary N) is 2. The second kappa shape index (κ2) is 6.78. The van der Waals surface area contributed by atoms with Crippen molar-refractivity contribution in [2.24, 2.45) is 5.18 Å². The molecular weight excluding hydrogens is 306 g/mol. The molecule has 0 aliphatic heterocycles. The molecule has 2 amide bonds. The van der Waals surface area contributed by atoms with Gasteiger partial charge in [0.2, 0.25) is 0 Å². The Morgan fingerprint density at radius 2 is 1.83 bits per heavy atom. The summed E-state index contributed by atoms with van der Waals surface area (Å²) in [5, 5.41) is 10.1. The topological polar surface area (TPSA) is 79.8 Å². The van der Waals surface area contributed by atoms with Crippen molar-refractivity contribution in [3.8, 4) is 5.75 Å². The van der Waals surface area contributed by atoms with Gasteiger partial charge in [-0.25, -0.2) is 4.79 Å². The third-order valence-electron chi connectivity index (χ3n) is 3.55. The number of hydrogen-bond donors (Lipinski definition) is 2. The Morgan fingerprint density at radius 3 is 2.62 bits per heavy atom. The van der Waals surface area contributed by atoms with Gasteiger partial charge < -0.3 is 15.4 Å². The minimum absolute atomic E-state index is 0.348. The lowest BCUT2D eigenvalue weighted by Gasteiger charge is -2.11. The summed E-state index contributed by atoms with van der Waals surface area (Å²) in [4.78, 5) is 22.8. The molecule has 0 bridgehead atoms. The van der Waals surface area contributed by atoms with E-state index in [1.54, 1.807) is 61.7 Å². The van der Waals surface area contributed by atoms with Crippen molar-refractivity contribution in [3.63, 3.8) is 0 Å². The van der Waals surface area contributed by atoms with Gasteiger partial charge in [-0.3, -0.25) is 0 Å².